The molecule has 0 amide bonds. The van der Waals surface area contributed by atoms with Gasteiger partial charge >= 0.3 is 0 Å². The van der Waals surface area contributed by atoms with E-state index in [4.69, 9.17) is 9.15 Å². The van der Waals surface area contributed by atoms with Crippen molar-refractivity contribution < 1.29 is 9.15 Å². The molecule has 1 atom stereocenters. The van der Waals surface area contributed by atoms with E-state index in [-0.39, 0.29) is 6.04 Å². The number of hydrogen-bond donors (Lipinski definition) is 1. The zero-order valence-corrected chi connectivity index (χ0v) is 13.5. The molecule has 2 aromatic rings. The molecule has 1 aliphatic heterocycles. The van der Waals surface area contributed by atoms with Gasteiger partial charge in [-0.3, -0.25) is 0 Å². The Kier molecular flexibility index (Phi) is 4.57. The van der Waals surface area contributed by atoms with E-state index >= 15 is 0 Å². The lowest BCUT2D eigenvalue weighted by Crippen LogP contribution is -2.43. The first-order valence-corrected chi connectivity index (χ1v) is 8.80. The minimum Gasteiger partial charge on any atom is -0.459 e. The van der Waals surface area contributed by atoms with E-state index < -0.39 is 0 Å². The largest absolute Gasteiger partial charge is 0.459 e. The Balaban J connectivity index is 1.66. The van der Waals surface area contributed by atoms with Crippen LogP contribution in [0.2, 0.25) is 0 Å². The maximum atomic E-state index is 5.94. The van der Waals surface area contributed by atoms with E-state index in [0.717, 1.165) is 43.9 Å². The highest BCUT2D eigenvalue weighted by atomic mass is 32.2. The van der Waals surface area contributed by atoms with E-state index in [0.29, 0.717) is 4.75 Å². The summed E-state index contributed by atoms with van der Waals surface area (Å²) in [5.41, 5.74) is 0.965. The van der Waals surface area contributed by atoms with Crippen molar-refractivity contribution in [3.8, 4) is 0 Å². The highest BCUT2D eigenvalue weighted by Crippen LogP contribution is 2.34. The van der Waals surface area contributed by atoms with Gasteiger partial charge in [0, 0.05) is 29.9 Å². The van der Waals surface area contributed by atoms with Gasteiger partial charge in [0.05, 0.1) is 6.04 Å². The molecule has 0 saturated carbocycles. The van der Waals surface area contributed by atoms with E-state index in [1.807, 2.05) is 30.0 Å². The van der Waals surface area contributed by atoms with Crippen LogP contribution in [0.1, 0.15) is 31.6 Å². The maximum Gasteiger partial charge on any atom is 0.134 e. The molecule has 1 saturated heterocycles. The molecular formula is C17H23NO2S. The van der Waals surface area contributed by atoms with Gasteiger partial charge in [0.2, 0.25) is 0 Å². The Bertz CT molecular complexity index is 556. The summed E-state index contributed by atoms with van der Waals surface area (Å²) in [6.07, 6.45) is 4.45. The van der Waals surface area contributed by atoms with Crippen LogP contribution in [0, 0.1) is 0 Å². The Morgan fingerprint density at radius 1 is 1.29 bits per heavy atom. The molecule has 4 heteroatoms. The summed E-state index contributed by atoms with van der Waals surface area (Å²) in [5.74, 6) is 1.01. The normalized spacial score (nSPS) is 19.7. The molecule has 1 aliphatic rings. The van der Waals surface area contributed by atoms with Gasteiger partial charge in [0.1, 0.15) is 11.3 Å². The minimum absolute atomic E-state index is 0.226. The third kappa shape index (κ3) is 3.28. The number of para-hydroxylation sites is 1. The molecule has 21 heavy (non-hydrogen) atoms. The fourth-order valence-corrected chi connectivity index (χ4v) is 3.65. The first kappa shape index (κ1) is 14.9. The SMILES string of the molecule is CSC1(CN[C@@H](C)c2cc3ccccc3o2)CCOCC1. The van der Waals surface area contributed by atoms with E-state index in [1.165, 1.54) is 5.39 Å². The lowest BCUT2D eigenvalue weighted by atomic mass is 9.98. The van der Waals surface area contributed by atoms with Crippen molar-refractivity contribution in [2.24, 2.45) is 0 Å². The molecule has 3 rings (SSSR count). The maximum absolute atomic E-state index is 5.94. The Morgan fingerprint density at radius 3 is 2.76 bits per heavy atom. The summed E-state index contributed by atoms with van der Waals surface area (Å²) in [6, 6.07) is 10.5. The summed E-state index contributed by atoms with van der Waals surface area (Å²) >= 11 is 1.96. The van der Waals surface area contributed by atoms with Crippen molar-refractivity contribution in [3.05, 3.63) is 36.1 Å². The van der Waals surface area contributed by atoms with Crippen molar-refractivity contribution in [2.45, 2.75) is 30.6 Å². The van der Waals surface area contributed by atoms with Crippen LogP contribution in [0.25, 0.3) is 11.0 Å². The predicted octanol–water partition coefficient (Wildman–Crippen LogP) is 4.00. The number of hydrogen-bond acceptors (Lipinski definition) is 4. The standard InChI is InChI=1S/C17H23NO2S/c1-13(16-11-14-5-3-4-6-15(14)20-16)18-12-17(21-2)7-9-19-10-8-17/h3-6,11,13,18H,7-10,12H2,1-2H3/t13-/m0/s1. The number of thioether (sulfide) groups is 1. The molecule has 1 aromatic carbocycles. The van der Waals surface area contributed by atoms with Gasteiger partial charge in [0.25, 0.3) is 0 Å². The van der Waals surface area contributed by atoms with Gasteiger partial charge < -0.3 is 14.5 Å². The van der Waals surface area contributed by atoms with Crippen LogP contribution in [-0.4, -0.2) is 30.8 Å². The number of nitrogens with one attached hydrogen (secondary N) is 1. The Hall–Kier alpha value is -0.970. The molecule has 3 nitrogen and oxygen atoms in total. The molecular weight excluding hydrogens is 282 g/mol. The van der Waals surface area contributed by atoms with Crippen LogP contribution >= 0.6 is 11.8 Å². The molecule has 0 aliphatic carbocycles. The fourth-order valence-electron chi connectivity index (χ4n) is 2.85. The average molecular weight is 305 g/mol. The molecule has 114 valence electrons. The Morgan fingerprint density at radius 2 is 2.05 bits per heavy atom. The highest BCUT2D eigenvalue weighted by molar-refractivity contribution is 8.00. The number of furan rings is 1. The molecule has 0 bridgehead atoms. The van der Waals surface area contributed by atoms with Crippen molar-refractivity contribution in [1.82, 2.24) is 5.32 Å². The number of ether oxygens (including phenoxy) is 1. The van der Waals surface area contributed by atoms with E-state index in [2.05, 4.69) is 30.6 Å². The third-order valence-electron chi connectivity index (χ3n) is 4.44. The quantitative estimate of drug-likeness (QED) is 0.905. The summed E-state index contributed by atoms with van der Waals surface area (Å²) in [6.45, 7) is 4.92. The molecule has 0 radical (unpaired) electrons. The smallest absolute Gasteiger partial charge is 0.134 e. The molecule has 1 fully saturated rings. The Labute approximate surface area is 130 Å². The molecule has 1 N–H and O–H groups in total. The fraction of sp³-hybridized carbons (Fsp3) is 0.529. The third-order valence-corrected chi connectivity index (χ3v) is 5.86. The van der Waals surface area contributed by atoms with E-state index in [1.54, 1.807) is 0 Å². The van der Waals surface area contributed by atoms with Gasteiger partial charge in [-0.1, -0.05) is 18.2 Å². The summed E-state index contributed by atoms with van der Waals surface area (Å²) in [7, 11) is 0. The van der Waals surface area contributed by atoms with Crippen molar-refractivity contribution in [2.75, 3.05) is 26.0 Å². The first-order valence-electron chi connectivity index (χ1n) is 7.57. The minimum atomic E-state index is 0.226. The molecule has 0 unspecified atom stereocenters. The topological polar surface area (TPSA) is 34.4 Å². The average Bonchev–Trinajstić information content (AvgIpc) is 2.97. The van der Waals surface area contributed by atoms with Gasteiger partial charge in [0.15, 0.2) is 0 Å². The number of benzene rings is 1. The second-order valence-corrected chi connectivity index (χ2v) is 7.06. The first-order chi connectivity index (χ1) is 10.2. The van der Waals surface area contributed by atoms with Crippen LogP contribution < -0.4 is 5.32 Å². The number of fused-ring (bicyclic) bond motifs is 1. The van der Waals surface area contributed by atoms with Crippen molar-refractivity contribution in [1.29, 1.82) is 0 Å². The number of rotatable bonds is 5. The molecule has 1 aromatic heterocycles. The van der Waals surface area contributed by atoms with E-state index in [9.17, 15) is 0 Å². The van der Waals surface area contributed by atoms with Crippen molar-refractivity contribution in [3.63, 3.8) is 0 Å². The second-order valence-electron chi connectivity index (χ2n) is 5.79. The van der Waals surface area contributed by atoms with Gasteiger partial charge in [-0.15, -0.1) is 0 Å². The van der Waals surface area contributed by atoms with Gasteiger partial charge in [-0.2, -0.15) is 11.8 Å². The zero-order chi connectivity index (χ0) is 14.7. The van der Waals surface area contributed by atoms with Gasteiger partial charge in [-0.25, -0.2) is 0 Å². The highest BCUT2D eigenvalue weighted by Gasteiger charge is 2.32. The van der Waals surface area contributed by atoms with Crippen LogP contribution in [0.3, 0.4) is 0 Å². The molecule has 2 heterocycles. The summed E-state index contributed by atoms with van der Waals surface area (Å²) < 4.78 is 11.7. The monoisotopic (exact) mass is 305 g/mol. The zero-order valence-electron chi connectivity index (χ0n) is 12.7. The van der Waals surface area contributed by atoms with Crippen LogP contribution in [0.4, 0.5) is 0 Å². The summed E-state index contributed by atoms with van der Waals surface area (Å²) in [4.78, 5) is 0. The van der Waals surface area contributed by atoms with Crippen molar-refractivity contribution >= 4 is 22.7 Å². The van der Waals surface area contributed by atoms with Crippen LogP contribution in [0.15, 0.2) is 34.7 Å². The predicted molar refractivity (Wildman–Crippen MR) is 88.9 cm³/mol. The lowest BCUT2D eigenvalue weighted by Gasteiger charge is -2.36. The van der Waals surface area contributed by atoms with Crippen LogP contribution in [-0.2, 0) is 4.74 Å². The second kappa shape index (κ2) is 6.42. The van der Waals surface area contributed by atoms with Gasteiger partial charge in [-0.05, 0) is 38.2 Å². The summed E-state index contributed by atoms with van der Waals surface area (Å²) in [5, 5.41) is 4.82. The molecule has 0 spiro atoms. The lowest BCUT2D eigenvalue weighted by molar-refractivity contribution is 0.0765. The van der Waals surface area contributed by atoms with Crippen LogP contribution in [0.5, 0.6) is 0 Å².